The number of hydrogen-bond acceptors (Lipinski definition) is 5. The van der Waals surface area contributed by atoms with E-state index in [-0.39, 0.29) is 5.25 Å². The Balaban J connectivity index is 1.70. The van der Waals surface area contributed by atoms with E-state index >= 15 is 0 Å². The van der Waals surface area contributed by atoms with Crippen molar-refractivity contribution < 1.29 is 4.21 Å². The van der Waals surface area contributed by atoms with Crippen LogP contribution in [0.2, 0.25) is 5.15 Å². The first kappa shape index (κ1) is 16.3. The molecule has 7 heteroatoms. The third-order valence-electron chi connectivity index (χ3n) is 4.17. The Kier molecular flexibility index (Phi) is 4.09. The summed E-state index contributed by atoms with van der Waals surface area (Å²) in [5.74, 6) is 0.729. The van der Waals surface area contributed by atoms with Crippen LogP contribution >= 0.6 is 11.6 Å². The van der Waals surface area contributed by atoms with Crippen LogP contribution in [0.15, 0.2) is 53.2 Å². The lowest BCUT2D eigenvalue weighted by Crippen LogP contribution is -2.01. The average Bonchev–Trinajstić information content (AvgIpc) is 3.42. The highest BCUT2D eigenvalue weighted by Crippen LogP contribution is 2.33. The SMILES string of the molecule is C[S@](=O)(=Nc1ccc2c(Nc3ccc(Cl)nc3)nccc2c1)C1CC1. The first-order valence-corrected chi connectivity index (χ1v) is 10.4. The summed E-state index contributed by atoms with van der Waals surface area (Å²) in [5.41, 5.74) is 1.56. The van der Waals surface area contributed by atoms with E-state index in [2.05, 4.69) is 19.6 Å². The summed E-state index contributed by atoms with van der Waals surface area (Å²) in [6, 6.07) is 11.3. The van der Waals surface area contributed by atoms with E-state index in [4.69, 9.17) is 11.6 Å². The summed E-state index contributed by atoms with van der Waals surface area (Å²) >= 11 is 5.82. The smallest absolute Gasteiger partial charge is 0.138 e. The number of fused-ring (bicyclic) bond motifs is 1. The molecule has 4 rings (SSSR count). The number of nitrogens with one attached hydrogen (secondary N) is 1. The van der Waals surface area contributed by atoms with Crippen molar-refractivity contribution in [1.29, 1.82) is 0 Å². The molecule has 25 heavy (non-hydrogen) atoms. The van der Waals surface area contributed by atoms with Crippen molar-refractivity contribution >= 4 is 49.3 Å². The van der Waals surface area contributed by atoms with Gasteiger partial charge in [0.05, 0.1) is 27.3 Å². The Morgan fingerprint density at radius 3 is 2.76 bits per heavy atom. The predicted octanol–water partition coefficient (Wildman–Crippen LogP) is 4.92. The van der Waals surface area contributed by atoms with Gasteiger partial charge in [0.15, 0.2) is 0 Å². The molecule has 2 aromatic heterocycles. The fourth-order valence-corrected chi connectivity index (χ4v) is 4.50. The van der Waals surface area contributed by atoms with Gasteiger partial charge in [-0.1, -0.05) is 11.6 Å². The van der Waals surface area contributed by atoms with E-state index in [1.54, 1.807) is 24.7 Å². The van der Waals surface area contributed by atoms with Crippen LogP contribution in [0, 0.1) is 0 Å². The zero-order valence-corrected chi connectivity index (χ0v) is 15.2. The van der Waals surface area contributed by atoms with Gasteiger partial charge in [-0.25, -0.2) is 14.2 Å². The molecule has 1 fully saturated rings. The van der Waals surface area contributed by atoms with Gasteiger partial charge < -0.3 is 5.32 Å². The lowest BCUT2D eigenvalue weighted by atomic mass is 10.1. The van der Waals surface area contributed by atoms with Crippen LogP contribution in [0.4, 0.5) is 17.2 Å². The summed E-state index contributed by atoms with van der Waals surface area (Å²) in [4.78, 5) is 8.47. The van der Waals surface area contributed by atoms with Gasteiger partial charge in [-0.2, -0.15) is 4.36 Å². The van der Waals surface area contributed by atoms with Gasteiger partial charge in [0, 0.05) is 23.1 Å². The van der Waals surface area contributed by atoms with Crippen molar-refractivity contribution in [2.75, 3.05) is 11.6 Å². The third-order valence-corrected chi connectivity index (χ3v) is 6.67. The second-order valence-corrected chi connectivity index (χ2v) is 9.17. The van der Waals surface area contributed by atoms with Gasteiger partial charge in [-0.05, 0) is 54.6 Å². The molecule has 0 radical (unpaired) electrons. The monoisotopic (exact) mass is 372 g/mol. The minimum Gasteiger partial charge on any atom is -0.338 e. The number of benzene rings is 1. The van der Waals surface area contributed by atoms with E-state index in [0.717, 1.165) is 40.8 Å². The second-order valence-electron chi connectivity index (χ2n) is 6.21. The number of halogens is 1. The molecule has 1 saturated carbocycles. The average molecular weight is 373 g/mol. The summed E-state index contributed by atoms with van der Waals surface area (Å²) in [5, 5.41) is 5.90. The topological polar surface area (TPSA) is 67.2 Å². The highest BCUT2D eigenvalue weighted by atomic mass is 35.5. The van der Waals surface area contributed by atoms with Crippen LogP contribution in [0.5, 0.6) is 0 Å². The maximum Gasteiger partial charge on any atom is 0.138 e. The molecule has 5 nitrogen and oxygen atoms in total. The lowest BCUT2D eigenvalue weighted by molar-refractivity contribution is 0.680. The quantitative estimate of drug-likeness (QED) is 0.660. The predicted molar refractivity (Wildman–Crippen MR) is 103 cm³/mol. The van der Waals surface area contributed by atoms with Crippen molar-refractivity contribution in [3.63, 3.8) is 0 Å². The van der Waals surface area contributed by atoms with Crippen molar-refractivity contribution in [1.82, 2.24) is 9.97 Å². The molecular weight excluding hydrogens is 356 g/mol. The van der Waals surface area contributed by atoms with Gasteiger partial charge in [-0.15, -0.1) is 0 Å². The Morgan fingerprint density at radius 2 is 2.04 bits per heavy atom. The molecular formula is C18H17ClN4OS. The second kappa shape index (κ2) is 6.28. The standard InChI is InChI=1S/C18H17ClN4OS/c1-25(24,15-4-5-15)23-13-2-6-16-12(10-13)8-9-20-18(16)22-14-3-7-17(19)21-11-14/h2-3,6-11,15H,4-5H2,1H3,(H,20,22)/t25-/m1/s1. The van der Waals surface area contributed by atoms with E-state index < -0.39 is 9.73 Å². The van der Waals surface area contributed by atoms with Crippen LogP contribution < -0.4 is 5.32 Å². The van der Waals surface area contributed by atoms with Gasteiger partial charge in [0.25, 0.3) is 0 Å². The van der Waals surface area contributed by atoms with Crippen LogP contribution in [0.3, 0.4) is 0 Å². The molecule has 1 aliphatic carbocycles. The van der Waals surface area contributed by atoms with E-state index in [0.29, 0.717) is 5.15 Å². The van der Waals surface area contributed by atoms with Crippen LogP contribution in [0.1, 0.15) is 12.8 Å². The van der Waals surface area contributed by atoms with E-state index in [1.165, 1.54) is 0 Å². The molecule has 2 heterocycles. The number of pyridine rings is 2. The van der Waals surface area contributed by atoms with Crippen LogP contribution in [-0.2, 0) is 9.73 Å². The van der Waals surface area contributed by atoms with Crippen molar-refractivity contribution in [3.8, 4) is 0 Å². The highest BCUT2D eigenvalue weighted by molar-refractivity contribution is 7.93. The van der Waals surface area contributed by atoms with Crippen molar-refractivity contribution in [2.24, 2.45) is 4.36 Å². The molecule has 0 amide bonds. The molecule has 0 saturated heterocycles. The minimum absolute atomic E-state index is 0.246. The molecule has 3 aromatic rings. The Hall–Kier alpha value is -2.18. The molecule has 0 spiro atoms. The van der Waals surface area contributed by atoms with E-state index in [9.17, 15) is 4.21 Å². The van der Waals surface area contributed by atoms with E-state index in [1.807, 2.05) is 30.3 Å². The maximum absolute atomic E-state index is 12.6. The number of nitrogens with zero attached hydrogens (tertiary/aromatic N) is 3. The molecule has 1 aromatic carbocycles. The normalized spacial score (nSPS) is 16.4. The zero-order chi connectivity index (χ0) is 17.4. The van der Waals surface area contributed by atoms with Crippen LogP contribution in [0.25, 0.3) is 10.8 Å². The van der Waals surface area contributed by atoms with Crippen molar-refractivity contribution in [3.05, 3.63) is 53.9 Å². The molecule has 1 aliphatic rings. The minimum atomic E-state index is -2.15. The first-order chi connectivity index (χ1) is 12.0. The lowest BCUT2D eigenvalue weighted by Gasteiger charge is -2.09. The van der Waals surface area contributed by atoms with Crippen molar-refractivity contribution in [2.45, 2.75) is 18.1 Å². The van der Waals surface area contributed by atoms with Gasteiger partial charge in [-0.3, -0.25) is 0 Å². The third kappa shape index (κ3) is 3.60. The maximum atomic E-state index is 12.6. The molecule has 0 unspecified atom stereocenters. The molecule has 0 aliphatic heterocycles. The summed E-state index contributed by atoms with van der Waals surface area (Å²) in [6.07, 6.45) is 7.18. The number of rotatable bonds is 4. The molecule has 0 bridgehead atoms. The van der Waals surface area contributed by atoms with Gasteiger partial charge in [0.1, 0.15) is 11.0 Å². The van der Waals surface area contributed by atoms with Crippen LogP contribution in [-0.4, -0.2) is 25.7 Å². The molecule has 128 valence electrons. The first-order valence-electron chi connectivity index (χ1n) is 8.00. The number of hydrogen-bond donors (Lipinski definition) is 1. The number of anilines is 2. The Bertz CT molecular complexity index is 1050. The Morgan fingerprint density at radius 1 is 1.20 bits per heavy atom. The van der Waals surface area contributed by atoms with Gasteiger partial charge >= 0.3 is 0 Å². The summed E-state index contributed by atoms with van der Waals surface area (Å²) in [7, 11) is -2.15. The highest BCUT2D eigenvalue weighted by Gasteiger charge is 2.30. The molecule has 1 atom stereocenters. The van der Waals surface area contributed by atoms with Gasteiger partial charge in [0.2, 0.25) is 0 Å². The Labute approximate surface area is 151 Å². The molecule has 1 N–H and O–H groups in total. The number of aromatic nitrogens is 2. The fraction of sp³-hybridized carbons (Fsp3) is 0.222. The largest absolute Gasteiger partial charge is 0.338 e. The fourth-order valence-electron chi connectivity index (χ4n) is 2.70. The summed E-state index contributed by atoms with van der Waals surface area (Å²) in [6.45, 7) is 0. The zero-order valence-electron chi connectivity index (χ0n) is 13.6. The summed E-state index contributed by atoms with van der Waals surface area (Å²) < 4.78 is 17.1.